The highest BCUT2D eigenvalue weighted by Crippen LogP contribution is 2.20. The van der Waals surface area contributed by atoms with Gasteiger partial charge < -0.3 is 0 Å². The molecule has 0 atom stereocenters. The number of nitrogens with zero attached hydrogens (tertiary/aromatic N) is 1. The molecule has 0 saturated carbocycles. The fourth-order valence-electron chi connectivity index (χ4n) is 1.43. The first-order chi connectivity index (χ1) is 8.06. The molecule has 5 heteroatoms. The van der Waals surface area contributed by atoms with Crippen molar-refractivity contribution in [3.8, 4) is 0 Å². The summed E-state index contributed by atoms with van der Waals surface area (Å²) in [6.45, 7) is 1.93. The average molecular weight is 378 g/mol. The second-order valence-corrected chi connectivity index (χ2v) is 6.22. The summed E-state index contributed by atoms with van der Waals surface area (Å²) in [6.07, 6.45) is 0.335. The van der Waals surface area contributed by atoms with E-state index in [1.807, 2.05) is 18.4 Å². The zero-order chi connectivity index (χ0) is 12.4. The van der Waals surface area contributed by atoms with Gasteiger partial charge >= 0.3 is 0 Å². The fourth-order valence-corrected chi connectivity index (χ4v) is 2.55. The number of halogens is 2. The van der Waals surface area contributed by atoms with Crippen molar-refractivity contribution in [3.05, 3.63) is 48.4 Å². The number of aromatic nitrogens is 1. The van der Waals surface area contributed by atoms with Crippen LogP contribution >= 0.6 is 45.5 Å². The Labute approximate surface area is 122 Å². The summed E-state index contributed by atoms with van der Waals surface area (Å²) in [4.78, 5) is 16.3. The molecule has 0 amide bonds. The number of carbonyl (C=O) groups excluding carboxylic acids is 1. The van der Waals surface area contributed by atoms with Gasteiger partial charge in [-0.2, -0.15) is 0 Å². The summed E-state index contributed by atoms with van der Waals surface area (Å²) in [5, 5.41) is 3.51. The number of hydrogen-bond donors (Lipinski definition) is 0. The van der Waals surface area contributed by atoms with E-state index in [9.17, 15) is 4.79 Å². The first-order valence-corrected chi connectivity index (χ1v) is 7.29. The highest BCUT2D eigenvalue weighted by atomic mass is 127. The van der Waals surface area contributed by atoms with Gasteiger partial charge in [-0.05, 0) is 41.6 Å². The molecule has 1 aromatic carbocycles. The van der Waals surface area contributed by atoms with Crippen molar-refractivity contribution in [2.24, 2.45) is 0 Å². The molecule has 0 aliphatic heterocycles. The number of ketones is 1. The number of aryl methyl sites for hydroxylation is 1. The van der Waals surface area contributed by atoms with Crippen LogP contribution in [0.1, 0.15) is 21.1 Å². The minimum Gasteiger partial charge on any atom is -0.294 e. The third-order valence-electron chi connectivity index (χ3n) is 2.25. The SMILES string of the molecule is Cc1nc(CC(=O)c2ccc(I)c(Cl)c2)cs1. The lowest BCUT2D eigenvalue weighted by molar-refractivity contribution is 0.0992. The lowest BCUT2D eigenvalue weighted by atomic mass is 10.1. The number of carbonyl (C=O) groups is 1. The van der Waals surface area contributed by atoms with Crippen molar-refractivity contribution in [1.82, 2.24) is 4.98 Å². The number of rotatable bonds is 3. The molecule has 2 nitrogen and oxygen atoms in total. The van der Waals surface area contributed by atoms with Crippen LogP contribution in [-0.4, -0.2) is 10.8 Å². The van der Waals surface area contributed by atoms with Crippen molar-refractivity contribution in [2.75, 3.05) is 0 Å². The van der Waals surface area contributed by atoms with E-state index in [2.05, 4.69) is 27.6 Å². The maximum atomic E-state index is 12.0. The molecule has 0 spiro atoms. The van der Waals surface area contributed by atoms with Gasteiger partial charge in [0, 0.05) is 14.5 Å². The van der Waals surface area contributed by atoms with Crippen LogP contribution in [0.2, 0.25) is 5.02 Å². The van der Waals surface area contributed by atoms with E-state index in [-0.39, 0.29) is 5.78 Å². The summed E-state index contributed by atoms with van der Waals surface area (Å²) < 4.78 is 0.949. The first-order valence-electron chi connectivity index (χ1n) is 4.95. The smallest absolute Gasteiger partial charge is 0.168 e. The van der Waals surface area contributed by atoms with E-state index in [1.165, 1.54) is 0 Å². The molecule has 0 fully saturated rings. The molecule has 2 rings (SSSR count). The van der Waals surface area contributed by atoms with Crippen LogP contribution in [0.15, 0.2) is 23.6 Å². The Morgan fingerprint density at radius 1 is 1.53 bits per heavy atom. The quantitative estimate of drug-likeness (QED) is 0.594. The highest BCUT2D eigenvalue weighted by Gasteiger charge is 2.10. The first kappa shape index (κ1) is 13.0. The molecule has 0 N–H and O–H groups in total. The minimum absolute atomic E-state index is 0.0496. The largest absolute Gasteiger partial charge is 0.294 e. The number of Topliss-reactive ketones (excluding diaryl/α,β-unsaturated/α-hetero) is 1. The standard InChI is InChI=1S/C12H9ClINOS/c1-7-15-9(6-17-7)5-12(16)8-2-3-11(14)10(13)4-8/h2-4,6H,5H2,1H3. The Balaban J connectivity index is 2.17. The molecule has 0 saturated heterocycles. The van der Waals surface area contributed by atoms with Gasteiger partial charge in [-0.25, -0.2) is 4.98 Å². The van der Waals surface area contributed by atoms with Crippen molar-refractivity contribution in [3.63, 3.8) is 0 Å². The van der Waals surface area contributed by atoms with Crippen LogP contribution in [0.3, 0.4) is 0 Å². The van der Waals surface area contributed by atoms with Gasteiger partial charge in [-0.15, -0.1) is 11.3 Å². The number of thiazole rings is 1. The van der Waals surface area contributed by atoms with Gasteiger partial charge in [0.1, 0.15) is 0 Å². The average Bonchev–Trinajstić information content (AvgIpc) is 2.68. The Morgan fingerprint density at radius 2 is 2.29 bits per heavy atom. The maximum absolute atomic E-state index is 12.0. The van der Waals surface area contributed by atoms with E-state index in [0.29, 0.717) is 17.0 Å². The number of benzene rings is 1. The third kappa shape index (κ3) is 3.26. The molecule has 17 heavy (non-hydrogen) atoms. The van der Waals surface area contributed by atoms with Crippen LogP contribution in [-0.2, 0) is 6.42 Å². The van der Waals surface area contributed by atoms with Crippen LogP contribution in [0.4, 0.5) is 0 Å². The molecule has 88 valence electrons. The molecular weight excluding hydrogens is 369 g/mol. The molecule has 2 aromatic rings. The summed E-state index contributed by atoms with van der Waals surface area (Å²) in [5.41, 5.74) is 1.47. The van der Waals surface area contributed by atoms with Crippen LogP contribution in [0.25, 0.3) is 0 Å². The second kappa shape index (κ2) is 5.46. The molecule has 1 heterocycles. The fraction of sp³-hybridized carbons (Fsp3) is 0.167. The maximum Gasteiger partial charge on any atom is 0.168 e. The second-order valence-electron chi connectivity index (χ2n) is 3.59. The van der Waals surface area contributed by atoms with Gasteiger partial charge in [0.05, 0.1) is 22.1 Å². The predicted molar refractivity (Wildman–Crippen MR) is 79.1 cm³/mol. The third-order valence-corrected chi connectivity index (χ3v) is 4.64. The van der Waals surface area contributed by atoms with Crippen LogP contribution < -0.4 is 0 Å². The molecular formula is C12H9ClINOS. The summed E-state index contributed by atoms with van der Waals surface area (Å²) in [5.74, 6) is 0.0496. The number of hydrogen-bond acceptors (Lipinski definition) is 3. The monoisotopic (exact) mass is 377 g/mol. The zero-order valence-electron chi connectivity index (χ0n) is 9.04. The van der Waals surface area contributed by atoms with Crippen molar-refractivity contribution in [2.45, 2.75) is 13.3 Å². The van der Waals surface area contributed by atoms with Gasteiger partial charge in [0.25, 0.3) is 0 Å². The van der Waals surface area contributed by atoms with Crippen molar-refractivity contribution in [1.29, 1.82) is 0 Å². The Hall–Kier alpha value is -0.460. The van der Waals surface area contributed by atoms with E-state index in [0.717, 1.165) is 14.3 Å². The Kier molecular flexibility index (Phi) is 4.17. The van der Waals surface area contributed by atoms with E-state index in [4.69, 9.17) is 11.6 Å². The van der Waals surface area contributed by atoms with Gasteiger partial charge in [0.15, 0.2) is 5.78 Å². The lowest BCUT2D eigenvalue weighted by Gasteiger charge is -2.01. The zero-order valence-corrected chi connectivity index (χ0v) is 12.8. The van der Waals surface area contributed by atoms with Crippen LogP contribution in [0.5, 0.6) is 0 Å². The summed E-state index contributed by atoms with van der Waals surface area (Å²) in [7, 11) is 0. The minimum atomic E-state index is 0.0496. The summed E-state index contributed by atoms with van der Waals surface area (Å²) >= 11 is 9.69. The summed E-state index contributed by atoms with van der Waals surface area (Å²) in [6, 6.07) is 5.36. The molecule has 0 aliphatic rings. The van der Waals surface area contributed by atoms with Gasteiger partial charge in [0.2, 0.25) is 0 Å². The molecule has 0 aliphatic carbocycles. The van der Waals surface area contributed by atoms with E-state index in [1.54, 1.807) is 23.5 Å². The topological polar surface area (TPSA) is 30.0 Å². The van der Waals surface area contributed by atoms with Crippen molar-refractivity contribution >= 4 is 51.3 Å². The Morgan fingerprint density at radius 3 is 2.88 bits per heavy atom. The van der Waals surface area contributed by atoms with Gasteiger partial charge in [-0.1, -0.05) is 17.7 Å². The molecule has 0 unspecified atom stereocenters. The van der Waals surface area contributed by atoms with E-state index >= 15 is 0 Å². The molecule has 1 aromatic heterocycles. The normalized spacial score (nSPS) is 10.5. The van der Waals surface area contributed by atoms with Gasteiger partial charge in [-0.3, -0.25) is 4.79 Å². The Bertz CT molecular complexity index is 567. The molecule has 0 bridgehead atoms. The lowest BCUT2D eigenvalue weighted by Crippen LogP contribution is -2.04. The highest BCUT2D eigenvalue weighted by molar-refractivity contribution is 14.1. The van der Waals surface area contributed by atoms with Crippen molar-refractivity contribution < 1.29 is 4.79 Å². The van der Waals surface area contributed by atoms with E-state index < -0.39 is 0 Å². The predicted octanol–water partition coefficient (Wildman–Crippen LogP) is 4.13. The molecule has 0 radical (unpaired) electrons. The van der Waals surface area contributed by atoms with Crippen LogP contribution in [0, 0.1) is 10.5 Å².